The Bertz CT molecular complexity index is 349. The van der Waals surface area contributed by atoms with E-state index in [1.54, 1.807) is 0 Å². The number of guanidine groups is 1. The summed E-state index contributed by atoms with van der Waals surface area (Å²) in [5.74, 6) is 0.971. The minimum absolute atomic E-state index is 0.593. The van der Waals surface area contributed by atoms with Crippen LogP contribution in [0, 0.1) is 0 Å². The molecule has 1 aliphatic carbocycles. The van der Waals surface area contributed by atoms with Gasteiger partial charge in [0.25, 0.3) is 0 Å². The van der Waals surface area contributed by atoms with E-state index in [-0.39, 0.29) is 0 Å². The Labute approximate surface area is 140 Å². The van der Waals surface area contributed by atoms with Gasteiger partial charge in [-0.3, -0.25) is 4.99 Å². The van der Waals surface area contributed by atoms with Crippen LogP contribution < -0.4 is 10.6 Å². The SMILES string of the molecule is CN=C(NCCN1CCCN(C)CC1)NC1CCC(SC)C1. The largest absolute Gasteiger partial charge is 0.355 e. The Morgan fingerprint density at radius 1 is 1.23 bits per heavy atom. The summed E-state index contributed by atoms with van der Waals surface area (Å²) in [7, 11) is 4.09. The number of nitrogens with zero attached hydrogens (tertiary/aromatic N) is 3. The van der Waals surface area contributed by atoms with E-state index in [1.165, 1.54) is 51.9 Å². The maximum atomic E-state index is 4.38. The van der Waals surface area contributed by atoms with Crippen molar-refractivity contribution in [2.45, 2.75) is 37.0 Å². The Morgan fingerprint density at radius 3 is 2.82 bits per heavy atom. The topological polar surface area (TPSA) is 42.9 Å². The van der Waals surface area contributed by atoms with Crippen LogP contribution in [0.5, 0.6) is 0 Å². The Hall–Kier alpha value is -0.460. The highest BCUT2D eigenvalue weighted by Gasteiger charge is 2.24. The molecule has 2 fully saturated rings. The number of aliphatic imine (C=N–C) groups is 1. The summed E-state index contributed by atoms with van der Waals surface area (Å²) >= 11 is 2.00. The zero-order valence-electron chi connectivity index (χ0n) is 14.5. The highest BCUT2D eigenvalue weighted by molar-refractivity contribution is 7.99. The molecule has 2 atom stereocenters. The van der Waals surface area contributed by atoms with Crippen molar-refractivity contribution in [3.8, 4) is 0 Å². The number of rotatable bonds is 5. The third-order valence-corrected chi connectivity index (χ3v) is 5.91. The summed E-state index contributed by atoms with van der Waals surface area (Å²) < 4.78 is 0. The second kappa shape index (κ2) is 9.63. The summed E-state index contributed by atoms with van der Waals surface area (Å²) in [4.78, 5) is 9.36. The third-order valence-electron chi connectivity index (χ3n) is 4.81. The molecule has 1 saturated carbocycles. The first kappa shape index (κ1) is 17.9. The highest BCUT2D eigenvalue weighted by atomic mass is 32.2. The van der Waals surface area contributed by atoms with Crippen LogP contribution in [-0.4, -0.2) is 86.7 Å². The quantitative estimate of drug-likeness (QED) is 0.584. The molecule has 0 aromatic heterocycles. The summed E-state index contributed by atoms with van der Waals surface area (Å²) in [6, 6.07) is 0.593. The lowest BCUT2D eigenvalue weighted by molar-refractivity contribution is 0.280. The monoisotopic (exact) mass is 327 g/mol. The molecule has 1 saturated heterocycles. The summed E-state index contributed by atoms with van der Waals surface area (Å²) in [5, 5.41) is 7.89. The smallest absolute Gasteiger partial charge is 0.191 e. The second-order valence-corrected chi connectivity index (χ2v) is 7.65. The van der Waals surface area contributed by atoms with E-state index in [1.807, 2.05) is 18.8 Å². The van der Waals surface area contributed by atoms with E-state index in [9.17, 15) is 0 Å². The lowest BCUT2D eigenvalue weighted by atomic mass is 10.2. The molecule has 2 aliphatic rings. The molecule has 6 heteroatoms. The molecule has 128 valence electrons. The standard InChI is InChI=1S/C16H33N5S/c1-17-16(19-14-5-6-15(13-14)22-3)18-7-10-21-9-4-8-20(2)11-12-21/h14-15H,4-13H2,1-3H3,(H2,17,18,19). The van der Waals surface area contributed by atoms with Gasteiger partial charge in [-0.1, -0.05) is 0 Å². The van der Waals surface area contributed by atoms with Crippen LogP contribution in [0.3, 0.4) is 0 Å². The molecular weight excluding hydrogens is 294 g/mol. The molecule has 1 aliphatic heterocycles. The van der Waals surface area contributed by atoms with Crippen molar-refractivity contribution in [3.05, 3.63) is 0 Å². The van der Waals surface area contributed by atoms with E-state index in [2.05, 4.69) is 38.7 Å². The van der Waals surface area contributed by atoms with Crippen LogP contribution in [0.4, 0.5) is 0 Å². The van der Waals surface area contributed by atoms with Crippen molar-refractivity contribution in [1.82, 2.24) is 20.4 Å². The highest BCUT2D eigenvalue weighted by Crippen LogP contribution is 2.27. The van der Waals surface area contributed by atoms with Gasteiger partial charge in [0.15, 0.2) is 5.96 Å². The Kier molecular flexibility index (Phi) is 7.83. The summed E-state index contributed by atoms with van der Waals surface area (Å²) in [5.41, 5.74) is 0. The predicted octanol–water partition coefficient (Wildman–Crippen LogP) is 1.07. The molecule has 0 radical (unpaired) electrons. The van der Waals surface area contributed by atoms with Gasteiger partial charge < -0.3 is 20.4 Å². The molecule has 2 rings (SSSR count). The van der Waals surface area contributed by atoms with E-state index in [0.29, 0.717) is 6.04 Å². The molecule has 0 spiro atoms. The van der Waals surface area contributed by atoms with Gasteiger partial charge in [0.05, 0.1) is 0 Å². The number of thioether (sulfide) groups is 1. The van der Waals surface area contributed by atoms with Crippen molar-refractivity contribution < 1.29 is 0 Å². The fraction of sp³-hybridized carbons (Fsp3) is 0.938. The van der Waals surface area contributed by atoms with Crippen molar-refractivity contribution in [3.63, 3.8) is 0 Å². The first-order valence-electron chi connectivity index (χ1n) is 8.62. The lowest BCUT2D eigenvalue weighted by Gasteiger charge is -2.22. The molecule has 2 unspecified atom stereocenters. The number of hydrogen-bond donors (Lipinski definition) is 2. The van der Waals surface area contributed by atoms with Crippen LogP contribution in [0.1, 0.15) is 25.7 Å². The van der Waals surface area contributed by atoms with Crippen molar-refractivity contribution in [2.75, 3.05) is 59.6 Å². The number of nitrogens with one attached hydrogen (secondary N) is 2. The van der Waals surface area contributed by atoms with Crippen molar-refractivity contribution in [2.24, 2.45) is 4.99 Å². The third kappa shape index (κ3) is 5.97. The average Bonchev–Trinajstić information content (AvgIpc) is 2.88. The number of hydrogen-bond acceptors (Lipinski definition) is 4. The fourth-order valence-electron chi connectivity index (χ4n) is 3.33. The normalized spacial score (nSPS) is 28.6. The molecular formula is C16H33N5S. The molecule has 2 N–H and O–H groups in total. The maximum absolute atomic E-state index is 4.38. The lowest BCUT2D eigenvalue weighted by Crippen LogP contribution is -2.45. The molecule has 0 aromatic carbocycles. The fourth-order valence-corrected chi connectivity index (χ4v) is 4.13. The van der Waals surface area contributed by atoms with Gasteiger partial charge in [0.2, 0.25) is 0 Å². The van der Waals surface area contributed by atoms with E-state index in [4.69, 9.17) is 0 Å². The Morgan fingerprint density at radius 2 is 2.09 bits per heavy atom. The van der Waals surface area contributed by atoms with Crippen molar-refractivity contribution >= 4 is 17.7 Å². The summed E-state index contributed by atoms with van der Waals surface area (Å²) in [6.07, 6.45) is 7.36. The molecule has 0 bridgehead atoms. The van der Waals surface area contributed by atoms with Gasteiger partial charge in [-0.15, -0.1) is 0 Å². The van der Waals surface area contributed by atoms with E-state index >= 15 is 0 Å². The summed E-state index contributed by atoms with van der Waals surface area (Å²) in [6.45, 7) is 6.89. The van der Waals surface area contributed by atoms with Crippen molar-refractivity contribution in [1.29, 1.82) is 0 Å². The first-order valence-corrected chi connectivity index (χ1v) is 9.91. The van der Waals surface area contributed by atoms with Crippen LogP contribution in [-0.2, 0) is 0 Å². The maximum Gasteiger partial charge on any atom is 0.191 e. The minimum Gasteiger partial charge on any atom is -0.355 e. The Balaban J connectivity index is 1.64. The molecule has 1 heterocycles. The van der Waals surface area contributed by atoms with Gasteiger partial charge in [-0.2, -0.15) is 11.8 Å². The molecule has 22 heavy (non-hydrogen) atoms. The van der Waals surface area contributed by atoms with E-state index in [0.717, 1.165) is 24.3 Å². The van der Waals surface area contributed by atoms with Crippen LogP contribution in [0.15, 0.2) is 4.99 Å². The predicted molar refractivity (Wildman–Crippen MR) is 98.0 cm³/mol. The second-order valence-electron chi connectivity index (χ2n) is 6.51. The molecule has 5 nitrogen and oxygen atoms in total. The van der Waals surface area contributed by atoms with Gasteiger partial charge in [-0.25, -0.2) is 0 Å². The van der Waals surface area contributed by atoms with Crippen LogP contribution >= 0.6 is 11.8 Å². The molecule has 0 aromatic rings. The average molecular weight is 328 g/mol. The number of likely N-dealkylation sites (N-methyl/N-ethyl adjacent to an activating group) is 1. The van der Waals surface area contributed by atoms with Gasteiger partial charge in [0, 0.05) is 44.5 Å². The van der Waals surface area contributed by atoms with Crippen LogP contribution in [0.25, 0.3) is 0 Å². The zero-order valence-corrected chi connectivity index (χ0v) is 15.3. The minimum atomic E-state index is 0.593. The van der Waals surface area contributed by atoms with E-state index < -0.39 is 0 Å². The van der Waals surface area contributed by atoms with Gasteiger partial charge >= 0.3 is 0 Å². The van der Waals surface area contributed by atoms with Gasteiger partial charge in [-0.05, 0) is 52.1 Å². The zero-order chi connectivity index (χ0) is 15.8. The molecule has 0 amide bonds. The van der Waals surface area contributed by atoms with Gasteiger partial charge in [0.1, 0.15) is 0 Å². The first-order chi connectivity index (χ1) is 10.7. The van der Waals surface area contributed by atoms with Crippen LogP contribution in [0.2, 0.25) is 0 Å².